The molecule has 0 unspecified atom stereocenters. The molecule has 4 nitrogen and oxygen atoms in total. The highest BCUT2D eigenvalue weighted by Gasteiger charge is 2.14. The van der Waals surface area contributed by atoms with Crippen molar-refractivity contribution >= 4 is 5.69 Å². The smallest absolute Gasteiger partial charge is 0.277 e. The van der Waals surface area contributed by atoms with Gasteiger partial charge in [0, 0.05) is 6.07 Å². The van der Waals surface area contributed by atoms with Gasteiger partial charge in [0.2, 0.25) is 0 Å². The fourth-order valence-electron chi connectivity index (χ4n) is 1.70. The summed E-state index contributed by atoms with van der Waals surface area (Å²) in [6.45, 7) is 1.76. The molecule has 2 aromatic rings. The minimum Gasteiger partial charge on any atom is -0.508 e. The van der Waals surface area contributed by atoms with E-state index in [1.165, 1.54) is 6.07 Å². The van der Waals surface area contributed by atoms with Crippen LogP contribution in [0.5, 0.6) is 5.75 Å². The quantitative estimate of drug-likeness (QED) is 0.634. The number of rotatable bonds is 2. The van der Waals surface area contributed by atoms with Crippen molar-refractivity contribution in [3.05, 3.63) is 58.1 Å². The second-order valence-electron chi connectivity index (χ2n) is 3.78. The van der Waals surface area contributed by atoms with Gasteiger partial charge in [0.1, 0.15) is 5.75 Å². The lowest BCUT2D eigenvalue weighted by Gasteiger charge is -2.05. The van der Waals surface area contributed by atoms with Crippen molar-refractivity contribution in [1.82, 2.24) is 0 Å². The summed E-state index contributed by atoms with van der Waals surface area (Å²) in [5.41, 5.74) is 2.05. The fraction of sp³-hybridized carbons (Fsp3) is 0.0769. The first kappa shape index (κ1) is 11.1. The zero-order chi connectivity index (χ0) is 12.4. The Kier molecular flexibility index (Phi) is 2.78. The molecule has 0 amide bonds. The van der Waals surface area contributed by atoms with Crippen LogP contribution >= 0.6 is 0 Å². The van der Waals surface area contributed by atoms with E-state index in [0.717, 1.165) is 5.56 Å². The number of phenolic OH excluding ortho intramolecular Hbond substituents is 1. The van der Waals surface area contributed by atoms with Gasteiger partial charge in [-0.1, -0.05) is 18.2 Å². The molecule has 4 heteroatoms. The lowest BCUT2D eigenvalue weighted by molar-refractivity contribution is -0.384. The number of aromatic hydroxyl groups is 1. The maximum absolute atomic E-state index is 10.9. The van der Waals surface area contributed by atoms with E-state index >= 15 is 0 Å². The molecule has 0 aliphatic heterocycles. The van der Waals surface area contributed by atoms with Gasteiger partial charge in [0.15, 0.2) is 0 Å². The lowest BCUT2D eigenvalue weighted by atomic mass is 10.0. The van der Waals surface area contributed by atoms with Gasteiger partial charge in [-0.2, -0.15) is 0 Å². The third-order valence-corrected chi connectivity index (χ3v) is 2.61. The molecule has 0 aliphatic rings. The van der Waals surface area contributed by atoms with Crippen LogP contribution in [0, 0.1) is 17.0 Å². The molecule has 1 N–H and O–H groups in total. The van der Waals surface area contributed by atoms with E-state index in [1.54, 1.807) is 43.3 Å². The summed E-state index contributed by atoms with van der Waals surface area (Å²) in [4.78, 5) is 10.5. The molecule has 0 radical (unpaired) electrons. The normalized spacial score (nSPS) is 10.2. The predicted molar refractivity (Wildman–Crippen MR) is 64.9 cm³/mol. The first-order chi connectivity index (χ1) is 8.09. The van der Waals surface area contributed by atoms with E-state index in [2.05, 4.69) is 0 Å². The van der Waals surface area contributed by atoms with E-state index in [-0.39, 0.29) is 11.4 Å². The standard InChI is InChI=1S/C13H11NO3/c1-9-8-10(6-7-13(9)15)11-4-2-3-5-12(11)14(16)17/h2-8,15H,1H3. The third-order valence-electron chi connectivity index (χ3n) is 2.61. The lowest BCUT2D eigenvalue weighted by Crippen LogP contribution is -1.91. The number of hydrogen-bond acceptors (Lipinski definition) is 3. The molecule has 0 saturated carbocycles. The fourth-order valence-corrected chi connectivity index (χ4v) is 1.70. The van der Waals surface area contributed by atoms with Crippen molar-refractivity contribution in [2.45, 2.75) is 6.92 Å². The van der Waals surface area contributed by atoms with Crippen LogP contribution in [0.15, 0.2) is 42.5 Å². The Morgan fingerprint density at radius 1 is 1.18 bits per heavy atom. The van der Waals surface area contributed by atoms with Gasteiger partial charge in [0.25, 0.3) is 5.69 Å². The summed E-state index contributed by atoms with van der Waals surface area (Å²) >= 11 is 0. The van der Waals surface area contributed by atoms with Crippen LogP contribution in [0.3, 0.4) is 0 Å². The Morgan fingerprint density at radius 3 is 2.53 bits per heavy atom. The van der Waals surface area contributed by atoms with Gasteiger partial charge in [0.05, 0.1) is 10.5 Å². The monoisotopic (exact) mass is 229 g/mol. The maximum atomic E-state index is 10.9. The summed E-state index contributed by atoms with van der Waals surface area (Å²) in [5.74, 6) is 0.187. The number of nitro benzene ring substituents is 1. The molecule has 0 fully saturated rings. The molecular weight excluding hydrogens is 218 g/mol. The molecule has 86 valence electrons. The van der Waals surface area contributed by atoms with Crippen LogP contribution in [0.4, 0.5) is 5.69 Å². The highest BCUT2D eigenvalue weighted by molar-refractivity contribution is 5.74. The topological polar surface area (TPSA) is 63.4 Å². The van der Waals surface area contributed by atoms with Crippen molar-refractivity contribution in [1.29, 1.82) is 0 Å². The van der Waals surface area contributed by atoms with Crippen LogP contribution in [0.2, 0.25) is 0 Å². The number of phenols is 1. The molecule has 2 aromatic carbocycles. The first-order valence-corrected chi connectivity index (χ1v) is 5.13. The number of aryl methyl sites for hydroxylation is 1. The van der Waals surface area contributed by atoms with Gasteiger partial charge in [-0.15, -0.1) is 0 Å². The SMILES string of the molecule is Cc1cc(-c2ccccc2[N+](=O)[O-])ccc1O. The largest absolute Gasteiger partial charge is 0.508 e. The molecule has 0 bridgehead atoms. The second-order valence-corrected chi connectivity index (χ2v) is 3.78. The van der Waals surface area contributed by atoms with Crippen LogP contribution in [0.1, 0.15) is 5.56 Å². The van der Waals surface area contributed by atoms with Crippen molar-refractivity contribution in [3.63, 3.8) is 0 Å². The van der Waals surface area contributed by atoms with Gasteiger partial charge < -0.3 is 5.11 Å². The molecule has 17 heavy (non-hydrogen) atoms. The van der Waals surface area contributed by atoms with E-state index < -0.39 is 4.92 Å². The van der Waals surface area contributed by atoms with Crippen LogP contribution < -0.4 is 0 Å². The summed E-state index contributed by atoms with van der Waals surface area (Å²) < 4.78 is 0. The van der Waals surface area contributed by atoms with E-state index in [0.29, 0.717) is 11.1 Å². The van der Waals surface area contributed by atoms with E-state index in [4.69, 9.17) is 0 Å². The molecule has 0 heterocycles. The van der Waals surface area contributed by atoms with Crippen molar-refractivity contribution < 1.29 is 10.0 Å². The Labute approximate surface area is 98.3 Å². The van der Waals surface area contributed by atoms with Gasteiger partial charge in [-0.05, 0) is 36.2 Å². The molecule has 2 rings (SSSR count). The predicted octanol–water partition coefficient (Wildman–Crippen LogP) is 3.28. The maximum Gasteiger partial charge on any atom is 0.277 e. The zero-order valence-corrected chi connectivity index (χ0v) is 9.25. The summed E-state index contributed by atoms with van der Waals surface area (Å²) in [6, 6.07) is 11.5. The van der Waals surface area contributed by atoms with Crippen LogP contribution in [-0.4, -0.2) is 10.0 Å². The summed E-state index contributed by atoms with van der Waals surface area (Å²) in [7, 11) is 0. The van der Waals surface area contributed by atoms with Crippen LogP contribution in [0.25, 0.3) is 11.1 Å². The Balaban J connectivity index is 2.60. The van der Waals surface area contributed by atoms with Crippen molar-refractivity contribution in [2.75, 3.05) is 0 Å². The number of para-hydroxylation sites is 1. The molecule has 0 aliphatic carbocycles. The van der Waals surface area contributed by atoms with Crippen molar-refractivity contribution in [2.24, 2.45) is 0 Å². The minimum atomic E-state index is -0.405. The Hall–Kier alpha value is -2.36. The summed E-state index contributed by atoms with van der Waals surface area (Å²) in [6.07, 6.45) is 0. The zero-order valence-electron chi connectivity index (χ0n) is 9.25. The number of benzene rings is 2. The third kappa shape index (κ3) is 2.10. The van der Waals surface area contributed by atoms with Crippen LogP contribution in [-0.2, 0) is 0 Å². The van der Waals surface area contributed by atoms with Gasteiger partial charge in [-0.3, -0.25) is 10.1 Å². The van der Waals surface area contributed by atoms with Gasteiger partial charge in [-0.25, -0.2) is 0 Å². The van der Waals surface area contributed by atoms with Crippen molar-refractivity contribution in [3.8, 4) is 16.9 Å². The first-order valence-electron chi connectivity index (χ1n) is 5.13. The molecule has 0 aromatic heterocycles. The number of hydrogen-bond donors (Lipinski definition) is 1. The Morgan fingerprint density at radius 2 is 1.88 bits per heavy atom. The highest BCUT2D eigenvalue weighted by atomic mass is 16.6. The molecule has 0 atom stereocenters. The van der Waals surface area contributed by atoms with E-state index in [9.17, 15) is 15.2 Å². The summed E-state index contributed by atoms with van der Waals surface area (Å²) in [5, 5.41) is 20.3. The second kappa shape index (κ2) is 4.25. The molecule has 0 saturated heterocycles. The van der Waals surface area contributed by atoms with E-state index in [1.807, 2.05) is 0 Å². The Bertz CT molecular complexity index is 579. The van der Waals surface area contributed by atoms with Gasteiger partial charge >= 0.3 is 0 Å². The minimum absolute atomic E-state index is 0.0672. The molecular formula is C13H11NO3. The number of nitrogens with zero attached hydrogens (tertiary/aromatic N) is 1. The number of nitro groups is 1. The molecule has 0 spiro atoms. The highest BCUT2D eigenvalue weighted by Crippen LogP contribution is 2.31. The average Bonchev–Trinajstić information content (AvgIpc) is 2.32. The average molecular weight is 229 g/mol.